The number of hydrogen-bond donors (Lipinski definition) is 1. The predicted molar refractivity (Wildman–Crippen MR) is 99.8 cm³/mol. The molecule has 1 atom stereocenters. The van der Waals surface area contributed by atoms with E-state index in [4.69, 9.17) is 0 Å². The van der Waals surface area contributed by atoms with Crippen LogP contribution in [0.4, 0.5) is 8.78 Å². The van der Waals surface area contributed by atoms with Crippen molar-refractivity contribution in [2.45, 2.75) is 46.3 Å². The van der Waals surface area contributed by atoms with Gasteiger partial charge in [0.25, 0.3) is 5.91 Å². The zero-order chi connectivity index (χ0) is 20.3. The maximum atomic E-state index is 12.9. The molecule has 9 heteroatoms. The van der Waals surface area contributed by atoms with Crippen molar-refractivity contribution in [3.05, 3.63) is 53.9 Å². The molecule has 3 aromatic rings. The second-order valence-electron chi connectivity index (χ2n) is 6.33. The summed E-state index contributed by atoms with van der Waals surface area (Å²) in [7, 11) is 0. The Hall–Kier alpha value is -3.10. The number of aromatic nitrogens is 5. The van der Waals surface area contributed by atoms with Crippen LogP contribution >= 0.6 is 0 Å². The molecule has 0 bridgehead atoms. The fraction of sp³-hybridized carbons (Fsp3) is 0.368. The second-order valence-corrected chi connectivity index (χ2v) is 6.33. The Balaban J connectivity index is 1.84. The van der Waals surface area contributed by atoms with E-state index in [0.717, 1.165) is 0 Å². The van der Waals surface area contributed by atoms with E-state index in [1.54, 1.807) is 35.9 Å². The molecule has 28 heavy (non-hydrogen) atoms. The molecule has 0 unspecified atom stereocenters. The van der Waals surface area contributed by atoms with Crippen LogP contribution in [0.3, 0.4) is 0 Å². The summed E-state index contributed by atoms with van der Waals surface area (Å²) in [5, 5.41) is 10.9. The van der Waals surface area contributed by atoms with Crippen molar-refractivity contribution in [3.8, 4) is 11.1 Å². The van der Waals surface area contributed by atoms with Crippen LogP contribution in [-0.4, -0.2) is 30.5 Å². The molecule has 1 N–H and O–H groups in total. The van der Waals surface area contributed by atoms with Gasteiger partial charge in [0.05, 0.1) is 11.7 Å². The standard InChI is InChI=1S/C19H22F2N6O/c1-4-16(17-22-11-23-26(17)5-2)24-18(28)14-8-6-7-13(9-14)15-10-27(19(20)21)25-12(15)3/h6-11,16,19H,4-5H2,1-3H3,(H,24,28)/t16-/m0/s1. The number of benzene rings is 1. The third kappa shape index (κ3) is 3.92. The second kappa shape index (κ2) is 8.28. The lowest BCUT2D eigenvalue weighted by Gasteiger charge is -2.17. The molecule has 0 aliphatic rings. The fourth-order valence-corrected chi connectivity index (χ4v) is 3.07. The molecule has 0 aliphatic carbocycles. The molecule has 2 heterocycles. The molecule has 7 nitrogen and oxygen atoms in total. The summed E-state index contributed by atoms with van der Waals surface area (Å²) in [4.78, 5) is 17.0. The van der Waals surface area contributed by atoms with Gasteiger partial charge in [-0.15, -0.1) is 0 Å². The summed E-state index contributed by atoms with van der Waals surface area (Å²) in [6, 6.07) is 6.57. The summed E-state index contributed by atoms with van der Waals surface area (Å²) in [6.45, 7) is 3.52. The summed E-state index contributed by atoms with van der Waals surface area (Å²) in [6.07, 6.45) is 3.41. The van der Waals surface area contributed by atoms with Crippen molar-refractivity contribution in [1.29, 1.82) is 0 Å². The van der Waals surface area contributed by atoms with Crippen LogP contribution in [-0.2, 0) is 6.54 Å². The van der Waals surface area contributed by atoms with E-state index in [0.29, 0.717) is 45.9 Å². The maximum absolute atomic E-state index is 12.9. The van der Waals surface area contributed by atoms with Gasteiger partial charge >= 0.3 is 6.55 Å². The monoisotopic (exact) mass is 388 g/mol. The van der Waals surface area contributed by atoms with Crippen molar-refractivity contribution >= 4 is 5.91 Å². The van der Waals surface area contributed by atoms with Crippen LogP contribution in [0.25, 0.3) is 11.1 Å². The Morgan fingerprint density at radius 1 is 1.29 bits per heavy atom. The number of halogens is 2. The molecule has 1 amide bonds. The molecule has 0 saturated carbocycles. The highest BCUT2D eigenvalue weighted by Gasteiger charge is 2.20. The minimum absolute atomic E-state index is 0.266. The first-order chi connectivity index (χ1) is 13.4. The Bertz CT molecular complexity index is 965. The van der Waals surface area contributed by atoms with E-state index in [1.807, 2.05) is 13.8 Å². The Labute approximate surface area is 161 Å². The quantitative estimate of drug-likeness (QED) is 0.669. The summed E-state index contributed by atoms with van der Waals surface area (Å²) >= 11 is 0. The van der Waals surface area contributed by atoms with Gasteiger partial charge in [-0.25, -0.2) is 14.3 Å². The molecule has 0 fully saturated rings. The van der Waals surface area contributed by atoms with Crippen LogP contribution in [0, 0.1) is 6.92 Å². The van der Waals surface area contributed by atoms with Crippen LogP contribution in [0.1, 0.15) is 54.7 Å². The van der Waals surface area contributed by atoms with Gasteiger partial charge in [0.1, 0.15) is 12.2 Å². The van der Waals surface area contributed by atoms with Gasteiger partial charge in [0.2, 0.25) is 0 Å². The van der Waals surface area contributed by atoms with Crippen molar-refractivity contribution in [1.82, 2.24) is 29.9 Å². The van der Waals surface area contributed by atoms with Gasteiger partial charge in [-0.2, -0.15) is 19.0 Å². The molecule has 0 spiro atoms. The molecular weight excluding hydrogens is 366 g/mol. The molecular formula is C19H22F2N6O. The SMILES string of the molecule is CC[C@H](NC(=O)c1cccc(-c2cn(C(F)F)nc2C)c1)c1ncnn1CC. The molecule has 1 aromatic carbocycles. The molecule has 2 aromatic heterocycles. The molecule has 0 aliphatic heterocycles. The first-order valence-corrected chi connectivity index (χ1v) is 9.07. The van der Waals surface area contributed by atoms with E-state index < -0.39 is 6.55 Å². The largest absolute Gasteiger partial charge is 0.342 e. The number of nitrogens with one attached hydrogen (secondary N) is 1. The van der Waals surface area contributed by atoms with Gasteiger partial charge in [0, 0.05) is 23.9 Å². The third-order valence-electron chi connectivity index (χ3n) is 4.52. The molecule has 0 saturated heterocycles. The van der Waals surface area contributed by atoms with Crippen LogP contribution in [0.15, 0.2) is 36.8 Å². The first-order valence-electron chi connectivity index (χ1n) is 9.07. The maximum Gasteiger partial charge on any atom is 0.333 e. The van der Waals surface area contributed by atoms with E-state index >= 15 is 0 Å². The van der Waals surface area contributed by atoms with Crippen molar-refractivity contribution in [3.63, 3.8) is 0 Å². The minimum atomic E-state index is -2.71. The van der Waals surface area contributed by atoms with E-state index in [-0.39, 0.29) is 11.9 Å². The third-order valence-corrected chi connectivity index (χ3v) is 4.52. The smallest absolute Gasteiger partial charge is 0.333 e. The zero-order valence-corrected chi connectivity index (χ0v) is 15.9. The Kier molecular flexibility index (Phi) is 5.81. The normalized spacial score (nSPS) is 12.4. The molecule has 148 valence electrons. The van der Waals surface area contributed by atoms with Gasteiger partial charge < -0.3 is 5.32 Å². The zero-order valence-electron chi connectivity index (χ0n) is 15.9. The Morgan fingerprint density at radius 3 is 2.71 bits per heavy atom. The minimum Gasteiger partial charge on any atom is -0.342 e. The number of carbonyl (C=O) groups is 1. The summed E-state index contributed by atoms with van der Waals surface area (Å²) in [5.41, 5.74) is 2.12. The number of alkyl halides is 2. The summed E-state index contributed by atoms with van der Waals surface area (Å²) < 4.78 is 28.1. The van der Waals surface area contributed by atoms with E-state index in [2.05, 4.69) is 20.5 Å². The average Bonchev–Trinajstić information content (AvgIpc) is 3.32. The highest BCUT2D eigenvalue weighted by molar-refractivity contribution is 5.95. The Morgan fingerprint density at radius 2 is 2.07 bits per heavy atom. The highest BCUT2D eigenvalue weighted by atomic mass is 19.3. The number of amides is 1. The van der Waals surface area contributed by atoms with Crippen molar-refractivity contribution < 1.29 is 13.6 Å². The number of hydrogen-bond acceptors (Lipinski definition) is 4. The van der Waals surface area contributed by atoms with E-state index in [9.17, 15) is 13.6 Å². The highest BCUT2D eigenvalue weighted by Crippen LogP contribution is 2.26. The number of carbonyl (C=O) groups excluding carboxylic acids is 1. The fourth-order valence-electron chi connectivity index (χ4n) is 3.07. The van der Waals surface area contributed by atoms with Crippen molar-refractivity contribution in [2.24, 2.45) is 0 Å². The van der Waals surface area contributed by atoms with Crippen molar-refractivity contribution in [2.75, 3.05) is 0 Å². The van der Waals surface area contributed by atoms with Gasteiger partial charge in [0.15, 0.2) is 0 Å². The van der Waals surface area contributed by atoms with E-state index in [1.165, 1.54) is 12.5 Å². The molecule has 3 rings (SSSR count). The number of rotatable bonds is 7. The van der Waals surface area contributed by atoms with Gasteiger partial charge in [-0.3, -0.25) is 4.79 Å². The lowest BCUT2D eigenvalue weighted by molar-refractivity contribution is 0.0563. The lowest BCUT2D eigenvalue weighted by Crippen LogP contribution is -2.30. The average molecular weight is 388 g/mol. The lowest BCUT2D eigenvalue weighted by atomic mass is 10.0. The van der Waals surface area contributed by atoms with Crippen LogP contribution in [0.2, 0.25) is 0 Å². The van der Waals surface area contributed by atoms with Crippen LogP contribution < -0.4 is 5.32 Å². The van der Waals surface area contributed by atoms with Gasteiger partial charge in [-0.1, -0.05) is 19.1 Å². The predicted octanol–water partition coefficient (Wildman–Crippen LogP) is 3.75. The molecule has 0 radical (unpaired) electrons. The number of aryl methyl sites for hydroxylation is 2. The van der Waals surface area contributed by atoms with Crippen LogP contribution in [0.5, 0.6) is 0 Å². The number of nitrogens with zero attached hydrogens (tertiary/aromatic N) is 5. The summed E-state index contributed by atoms with van der Waals surface area (Å²) in [5.74, 6) is 0.432. The van der Waals surface area contributed by atoms with Gasteiger partial charge in [-0.05, 0) is 38.0 Å². The first kappa shape index (κ1) is 19.7. The topological polar surface area (TPSA) is 77.6 Å².